The first kappa shape index (κ1) is 11.9. The summed E-state index contributed by atoms with van der Waals surface area (Å²) < 4.78 is 0. The van der Waals surface area contributed by atoms with Crippen LogP contribution in [0.5, 0.6) is 0 Å². The molecule has 4 heteroatoms. The van der Waals surface area contributed by atoms with Crippen LogP contribution in [0.1, 0.15) is 37.2 Å². The van der Waals surface area contributed by atoms with Gasteiger partial charge in [-0.3, -0.25) is 9.78 Å². The Morgan fingerprint density at radius 1 is 1.53 bits per heavy atom. The molecule has 1 fully saturated rings. The fourth-order valence-electron chi connectivity index (χ4n) is 1.47. The van der Waals surface area contributed by atoms with E-state index in [1.54, 1.807) is 12.3 Å². The normalized spacial score (nSPS) is 14.8. The summed E-state index contributed by atoms with van der Waals surface area (Å²) in [6, 6.07) is 4.06. The third kappa shape index (κ3) is 3.73. The van der Waals surface area contributed by atoms with Gasteiger partial charge < -0.3 is 10.6 Å². The number of anilines is 1. The second kappa shape index (κ2) is 5.17. The van der Waals surface area contributed by atoms with E-state index < -0.39 is 0 Å². The summed E-state index contributed by atoms with van der Waals surface area (Å²) in [6.45, 7) is 5.19. The minimum absolute atomic E-state index is 0.0688. The number of rotatable bonds is 5. The number of aromatic nitrogens is 1. The van der Waals surface area contributed by atoms with Crippen molar-refractivity contribution in [3.63, 3.8) is 0 Å². The topological polar surface area (TPSA) is 54.0 Å². The first-order valence-electron chi connectivity index (χ1n) is 6.16. The molecule has 1 aromatic rings. The third-order valence-corrected chi connectivity index (χ3v) is 2.62. The van der Waals surface area contributed by atoms with Gasteiger partial charge in [-0.15, -0.1) is 0 Å². The maximum Gasteiger partial charge on any atom is 0.270 e. The Hall–Kier alpha value is -1.58. The Kier molecular flexibility index (Phi) is 3.61. The number of carbonyl (C=O) groups excluding carboxylic acids is 1. The Balaban J connectivity index is 1.97. The standard InChI is InChI=1S/C13H19N3O/c1-9(2)8-15-11-5-6-14-12(7-11)13(17)16-10-3-4-10/h5-7,9-10H,3-4,8H2,1-2H3,(H,14,15)(H,16,17). The number of hydrogen-bond donors (Lipinski definition) is 2. The van der Waals surface area contributed by atoms with Crippen LogP contribution in [0.2, 0.25) is 0 Å². The minimum Gasteiger partial charge on any atom is -0.385 e. The second-order valence-corrected chi connectivity index (χ2v) is 4.95. The van der Waals surface area contributed by atoms with Crippen molar-refractivity contribution in [3.8, 4) is 0 Å². The Morgan fingerprint density at radius 2 is 2.29 bits per heavy atom. The molecule has 0 bridgehead atoms. The molecule has 0 aliphatic heterocycles. The van der Waals surface area contributed by atoms with Crippen LogP contribution < -0.4 is 10.6 Å². The highest BCUT2D eigenvalue weighted by Crippen LogP contribution is 2.19. The van der Waals surface area contributed by atoms with E-state index in [1.165, 1.54) is 0 Å². The molecular formula is C13H19N3O. The van der Waals surface area contributed by atoms with Crippen molar-refractivity contribution in [2.75, 3.05) is 11.9 Å². The lowest BCUT2D eigenvalue weighted by Gasteiger charge is -2.09. The number of nitrogens with zero attached hydrogens (tertiary/aromatic N) is 1. The van der Waals surface area contributed by atoms with E-state index >= 15 is 0 Å². The van der Waals surface area contributed by atoms with Crippen LogP contribution >= 0.6 is 0 Å². The van der Waals surface area contributed by atoms with Gasteiger partial charge in [0.15, 0.2) is 0 Å². The SMILES string of the molecule is CC(C)CNc1ccnc(C(=O)NC2CC2)c1. The second-order valence-electron chi connectivity index (χ2n) is 4.95. The molecule has 1 amide bonds. The molecule has 0 unspecified atom stereocenters. The van der Waals surface area contributed by atoms with Gasteiger partial charge in [-0.05, 0) is 30.9 Å². The van der Waals surface area contributed by atoms with Crippen molar-refractivity contribution in [1.82, 2.24) is 10.3 Å². The number of carbonyl (C=O) groups is 1. The molecule has 1 heterocycles. The highest BCUT2D eigenvalue weighted by molar-refractivity contribution is 5.93. The van der Waals surface area contributed by atoms with Crippen molar-refractivity contribution in [2.45, 2.75) is 32.7 Å². The maximum absolute atomic E-state index is 11.8. The monoisotopic (exact) mass is 233 g/mol. The molecule has 92 valence electrons. The van der Waals surface area contributed by atoms with Crippen LogP contribution in [-0.2, 0) is 0 Å². The van der Waals surface area contributed by atoms with Crippen LogP contribution in [0.4, 0.5) is 5.69 Å². The summed E-state index contributed by atoms with van der Waals surface area (Å²) in [5.74, 6) is 0.507. The van der Waals surface area contributed by atoms with Gasteiger partial charge in [-0.2, -0.15) is 0 Å². The predicted octanol–water partition coefficient (Wildman–Crippen LogP) is 2.04. The van der Waals surface area contributed by atoms with Crippen molar-refractivity contribution < 1.29 is 4.79 Å². The van der Waals surface area contributed by atoms with Crippen molar-refractivity contribution in [3.05, 3.63) is 24.0 Å². The Labute approximate surface area is 102 Å². The van der Waals surface area contributed by atoms with Crippen molar-refractivity contribution >= 4 is 11.6 Å². The fraction of sp³-hybridized carbons (Fsp3) is 0.538. The first-order valence-corrected chi connectivity index (χ1v) is 6.16. The van der Waals surface area contributed by atoms with E-state index in [0.717, 1.165) is 25.1 Å². The quantitative estimate of drug-likeness (QED) is 0.818. The van der Waals surface area contributed by atoms with E-state index in [1.807, 2.05) is 6.07 Å². The van der Waals surface area contributed by atoms with Gasteiger partial charge in [0, 0.05) is 24.5 Å². The van der Waals surface area contributed by atoms with Gasteiger partial charge in [-0.1, -0.05) is 13.8 Å². The van der Waals surface area contributed by atoms with Crippen LogP contribution in [0.15, 0.2) is 18.3 Å². The molecule has 1 aromatic heterocycles. The lowest BCUT2D eigenvalue weighted by Crippen LogP contribution is -2.26. The zero-order chi connectivity index (χ0) is 12.3. The third-order valence-electron chi connectivity index (χ3n) is 2.62. The molecule has 4 nitrogen and oxygen atoms in total. The highest BCUT2D eigenvalue weighted by atomic mass is 16.2. The maximum atomic E-state index is 11.8. The average Bonchev–Trinajstić information content (AvgIpc) is 3.10. The lowest BCUT2D eigenvalue weighted by molar-refractivity contribution is 0.0946. The van der Waals surface area contributed by atoms with Gasteiger partial charge in [0.05, 0.1) is 0 Å². The number of nitrogens with one attached hydrogen (secondary N) is 2. The largest absolute Gasteiger partial charge is 0.385 e. The molecule has 2 rings (SSSR count). The molecule has 0 spiro atoms. The van der Waals surface area contributed by atoms with Crippen LogP contribution in [0.3, 0.4) is 0 Å². The van der Waals surface area contributed by atoms with Crippen LogP contribution in [0, 0.1) is 5.92 Å². The summed E-state index contributed by atoms with van der Waals surface area (Å²) >= 11 is 0. The molecule has 0 saturated heterocycles. The summed E-state index contributed by atoms with van der Waals surface area (Å²) in [6.07, 6.45) is 3.86. The first-order chi connectivity index (χ1) is 8.15. The summed E-state index contributed by atoms with van der Waals surface area (Å²) in [5.41, 5.74) is 1.44. The highest BCUT2D eigenvalue weighted by Gasteiger charge is 2.24. The van der Waals surface area contributed by atoms with Gasteiger partial charge in [0.25, 0.3) is 5.91 Å². The number of hydrogen-bond acceptors (Lipinski definition) is 3. The molecule has 1 aliphatic carbocycles. The predicted molar refractivity (Wildman–Crippen MR) is 68.1 cm³/mol. The molecule has 0 radical (unpaired) electrons. The van der Waals surface area contributed by atoms with E-state index in [-0.39, 0.29) is 5.91 Å². The van der Waals surface area contributed by atoms with E-state index in [2.05, 4.69) is 29.5 Å². The van der Waals surface area contributed by atoms with Gasteiger partial charge >= 0.3 is 0 Å². The molecule has 1 aliphatic rings. The zero-order valence-corrected chi connectivity index (χ0v) is 10.4. The smallest absolute Gasteiger partial charge is 0.270 e. The van der Waals surface area contributed by atoms with Gasteiger partial charge in [0.2, 0.25) is 0 Å². The fourth-order valence-corrected chi connectivity index (χ4v) is 1.47. The van der Waals surface area contributed by atoms with Crippen molar-refractivity contribution in [2.24, 2.45) is 5.92 Å². The molecule has 17 heavy (non-hydrogen) atoms. The summed E-state index contributed by atoms with van der Waals surface area (Å²) in [5, 5.41) is 6.22. The van der Waals surface area contributed by atoms with Crippen molar-refractivity contribution in [1.29, 1.82) is 0 Å². The Bertz CT molecular complexity index is 399. The molecular weight excluding hydrogens is 214 g/mol. The van der Waals surface area contributed by atoms with Gasteiger partial charge in [0.1, 0.15) is 5.69 Å². The van der Waals surface area contributed by atoms with Crippen LogP contribution in [-0.4, -0.2) is 23.5 Å². The molecule has 2 N–H and O–H groups in total. The zero-order valence-electron chi connectivity index (χ0n) is 10.4. The molecule has 0 aromatic carbocycles. The molecule has 1 saturated carbocycles. The summed E-state index contributed by atoms with van der Waals surface area (Å²) in [4.78, 5) is 15.9. The van der Waals surface area contributed by atoms with E-state index in [0.29, 0.717) is 17.7 Å². The van der Waals surface area contributed by atoms with E-state index in [4.69, 9.17) is 0 Å². The summed E-state index contributed by atoms with van der Waals surface area (Å²) in [7, 11) is 0. The van der Waals surface area contributed by atoms with Gasteiger partial charge in [-0.25, -0.2) is 0 Å². The minimum atomic E-state index is -0.0688. The van der Waals surface area contributed by atoms with Crippen LogP contribution in [0.25, 0.3) is 0 Å². The Morgan fingerprint density at radius 3 is 2.94 bits per heavy atom. The average molecular weight is 233 g/mol. The number of pyridine rings is 1. The number of amides is 1. The molecule has 0 atom stereocenters. The lowest BCUT2D eigenvalue weighted by atomic mass is 10.2. The van der Waals surface area contributed by atoms with E-state index in [9.17, 15) is 4.79 Å².